The third-order valence-electron chi connectivity index (χ3n) is 8.17. The van der Waals surface area contributed by atoms with Crippen LogP contribution >= 0.6 is 35.3 Å². The Hall–Kier alpha value is -4.11. The highest BCUT2D eigenvalue weighted by Crippen LogP contribution is 2.37. The number of methoxy groups -OCH3 is 1. The minimum absolute atomic E-state index is 0. The fourth-order valence-corrected chi connectivity index (χ4v) is 6.84. The van der Waals surface area contributed by atoms with Gasteiger partial charge in [-0.05, 0) is 36.2 Å². The summed E-state index contributed by atoms with van der Waals surface area (Å²) in [6.07, 6.45) is 1.70. The summed E-state index contributed by atoms with van der Waals surface area (Å²) in [6, 6.07) is 6.87. The summed E-state index contributed by atoms with van der Waals surface area (Å²) in [4.78, 5) is 51.9. The van der Waals surface area contributed by atoms with Gasteiger partial charge in [0.25, 0.3) is 0 Å². The van der Waals surface area contributed by atoms with Crippen LogP contribution in [0, 0.1) is 11.6 Å². The molecule has 0 saturated carbocycles. The molecular formula is C31H30Cl2F2N6O5S. The largest absolute Gasteiger partial charge is 0.481 e. The Bertz CT molecular complexity index is 1760. The second kappa shape index (κ2) is 14.3. The van der Waals surface area contributed by atoms with Crippen molar-refractivity contribution in [3.8, 4) is 0 Å². The number of hydrogen-bond donors (Lipinski definition) is 2. The molecule has 0 aliphatic carbocycles. The third-order valence-corrected chi connectivity index (χ3v) is 9.28. The number of carbonyl (C=O) groups excluding carboxylic acids is 2. The number of nitrogens with one attached hydrogen (secondary N) is 1. The number of amidine groups is 1. The van der Waals surface area contributed by atoms with E-state index in [-0.39, 0.29) is 66.7 Å². The van der Waals surface area contributed by atoms with Gasteiger partial charge in [-0.1, -0.05) is 23.7 Å². The molecule has 0 spiro atoms. The SMILES string of the molecule is COC(=O)C1=C(CN2CCN3C(=O)N(c4ccc(CCC(=O)O)cc4F)C[C@@H]3C2)NC(c2nccs2)=N[C@H]1c1ccc(F)cc1Cl.Cl. The number of carboxylic acid groups (broad SMARTS) is 1. The van der Waals surface area contributed by atoms with Crippen molar-refractivity contribution in [2.75, 3.05) is 44.7 Å². The Morgan fingerprint density at radius 3 is 2.66 bits per heavy atom. The third kappa shape index (κ3) is 7.10. The van der Waals surface area contributed by atoms with Gasteiger partial charge < -0.3 is 20.1 Å². The van der Waals surface area contributed by atoms with Crippen molar-refractivity contribution in [3.63, 3.8) is 0 Å². The molecule has 11 nitrogen and oxygen atoms in total. The first kappa shape index (κ1) is 34.2. The predicted octanol–water partition coefficient (Wildman–Crippen LogP) is 4.66. The summed E-state index contributed by atoms with van der Waals surface area (Å²) in [5.74, 6) is -2.29. The lowest BCUT2D eigenvalue weighted by Crippen LogP contribution is -2.53. The van der Waals surface area contributed by atoms with Gasteiger partial charge in [0, 0.05) is 67.0 Å². The molecule has 0 radical (unpaired) electrons. The maximum Gasteiger partial charge on any atom is 0.338 e. The van der Waals surface area contributed by atoms with Gasteiger partial charge in [0.15, 0.2) is 10.8 Å². The number of fused-ring (bicyclic) bond motifs is 1. The Morgan fingerprint density at radius 2 is 1.98 bits per heavy atom. The van der Waals surface area contributed by atoms with E-state index in [2.05, 4.69) is 15.2 Å². The van der Waals surface area contributed by atoms with Crippen LogP contribution in [0.1, 0.15) is 28.6 Å². The van der Waals surface area contributed by atoms with E-state index < -0.39 is 29.6 Å². The van der Waals surface area contributed by atoms with Gasteiger partial charge in [-0.3, -0.25) is 19.6 Å². The standard InChI is InChI=1S/C31H29ClF2N6O5S.ClH/c1-45-30(43)26-23(36-28(29-35-8-11-46-29)37-27(26)20-5-4-18(33)13-21(20)32)16-38-9-10-39-19(14-38)15-40(31(39)44)24-6-2-17(12-22(24)34)3-7-25(41)42;/h2,4-6,8,11-13,19,27H,3,7,9-10,14-16H2,1H3,(H,36,37)(H,41,42);1H/t19-,27-;/m0./s1. The summed E-state index contributed by atoms with van der Waals surface area (Å²) in [7, 11) is 1.27. The molecule has 248 valence electrons. The molecular weight excluding hydrogens is 677 g/mol. The molecule has 16 heteroatoms. The number of anilines is 1. The normalized spacial score (nSPS) is 19.6. The Balaban J connectivity index is 0.00000433. The first-order chi connectivity index (χ1) is 22.1. The van der Waals surface area contributed by atoms with Crippen LogP contribution in [0.4, 0.5) is 19.3 Å². The van der Waals surface area contributed by atoms with Crippen LogP contribution in [0.5, 0.6) is 0 Å². The molecule has 2 aromatic carbocycles. The Kier molecular flexibility index (Phi) is 10.4. The maximum atomic E-state index is 15.1. The van der Waals surface area contributed by atoms with Crippen LogP contribution in [0.2, 0.25) is 5.02 Å². The Labute approximate surface area is 283 Å². The molecule has 47 heavy (non-hydrogen) atoms. The molecule has 2 fully saturated rings. The fourth-order valence-electron chi connectivity index (χ4n) is 5.98. The van der Waals surface area contributed by atoms with Crippen LogP contribution in [-0.2, 0) is 20.7 Å². The van der Waals surface area contributed by atoms with Crippen LogP contribution in [-0.4, -0.2) is 89.6 Å². The van der Waals surface area contributed by atoms with E-state index >= 15 is 4.39 Å². The van der Waals surface area contributed by atoms with E-state index in [1.165, 1.54) is 53.7 Å². The second-order valence-corrected chi connectivity index (χ2v) is 12.3. The van der Waals surface area contributed by atoms with Gasteiger partial charge in [0.05, 0.1) is 24.4 Å². The lowest BCUT2D eigenvalue weighted by molar-refractivity contribution is -0.137. The number of nitrogens with zero attached hydrogens (tertiary/aromatic N) is 5. The van der Waals surface area contributed by atoms with E-state index in [0.29, 0.717) is 47.3 Å². The summed E-state index contributed by atoms with van der Waals surface area (Å²) in [6.45, 7) is 1.79. The van der Waals surface area contributed by atoms with Gasteiger partial charge in [0.2, 0.25) is 0 Å². The fraction of sp³-hybridized carbons (Fsp3) is 0.323. The van der Waals surface area contributed by atoms with Gasteiger partial charge in [-0.2, -0.15) is 0 Å². The average molecular weight is 708 g/mol. The predicted molar refractivity (Wildman–Crippen MR) is 174 cm³/mol. The molecule has 1 aromatic heterocycles. The number of esters is 1. The van der Waals surface area contributed by atoms with Crippen molar-refractivity contribution in [1.29, 1.82) is 0 Å². The molecule has 2 atom stereocenters. The smallest absolute Gasteiger partial charge is 0.338 e. The van der Waals surface area contributed by atoms with Crippen LogP contribution < -0.4 is 10.2 Å². The van der Waals surface area contributed by atoms with E-state index in [1.807, 2.05) is 0 Å². The first-order valence-corrected chi connectivity index (χ1v) is 15.7. The first-order valence-electron chi connectivity index (χ1n) is 14.4. The van der Waals surface area contributed by atoms with E-state index in [9.17, 15) is 18.8 Å². The van der Waals surface area contributed by atoms with Crippen molar-refractivity contribution in [2.45, 2.75) is 24.9 Å². The molecule has 2 N–H and O–H groups in total. The topological polar surface area (TPSA) is 128 Å². The summed E-state index contributed by atoms with van der Waals surface area (Å²) in [5, 5.41) is 14.7. The number of carboxylic acids is 1. The molecule has 6 rings (SSSR count). The summed E-state index contributed by atoms with van der Waals surface area (Å²) >= 11 is 7.81. The van der Waals surface area contributed by atoms with Crippen LogP contribution in [0.25, 0.3) is 0 Å². The molecule has 0 bridgehead atoms. The lowest BCUT2D eigenvalue weighted by Gasteiger charge is -2.38. The number of ether oxygens (including phenoxy) is 1. The number of halogens is 4. The second-order valence-electron chi connectivity index (χ2n) is 11.0. The monoisotopic (exact) mass is 706 g/mol. The van der Waals surface area contributed by atoms with Gasteiger partial charge in [-0.15, -0.1) is 23.7 Å². The van der Waals surface area contributed by atoms with E-state index in [1.54, 1.807) is 22.5 Å². The average Bonchev–Trinajstić information content (AvgIpc) is 3.68. The summed E-state index contributed by atoms with van der Waals surface area (Å²) < 4.78 is 34.3. The molecule has 3 aliphatic rings. The number of carbonyl (C=O) groups is 3. The highest BCUT2D eigenvalue weighted by molar-refractivity contribution is 7.11. The highest BCUT2D eigenvalue weighted by atomic mass is 35.5. The molecule has 2 amide bonds. The minimum Gasteiger partial charge on any atom is -0.481 e. The molecule has 4 heterocycles. The number of thiazole rings is 1. The van der Waals surface area contributed by atoms with Crippen molar-refractivity contribution < 1.29 is 33.0 Å². The van der Waals surface area contributed by atoms with Crippen LogP contribution in [0.15, 0.2) is 64.2 Å². The van der Waals surface area contributed by atoms with E-state index in [0.717, 1.165) is 0 Å². The number of aromatic nitrogens is 1. The van der Waals surface area contributed by atoms with Gasteiger partial charge >= 0.3 is 18.0 Å². The van der Waals surface area contributed by atoms with E-state index in [4.69, 9.17) is 26.4 Å². The van der Waals surface area contributed by atoms with Crippen molar-refractivity contribution in [2.24, 2.45) is 4.99 Å². The number of urea groups is 1. The lowest BCUT2D eigenvalue weighted by atomic mass is 9.95. The number of aliphatic carboxylic acids is 1. The highest BCUT2D eigenvalue weighted by Gasteiger charge is 2.43. The van der Waals surface area contributed by atoms with Crippen molar-refractivity contribution in [1.82, 2.24) is 20.1 Å². The minimum atomic E-state index is -0.972. The number of hydrogen-bond acceptors (Lipinski definition) is 9. The zero-order chi connectivity index (χ0) is 32.5. The number of aliphatic imine (C=N–C) groups is 1. The quantitative estimate of drug-likeness (QED) is 0.308. The zero-order valence-corrected chi connectivity index (χ0v) is 27.4. The molecule has 2 saturated heterocycles. The number of benzene rings is 2. The van der Waals surface area contributed by atoms with Gasteiger partial charge in [-0.25, -0.2) is 23.4 Å². The Morgan fingerprint density at radius 1 is 1.17 bits per heavy atom. The van der Waals surface area contributed by atoms with Crippen molar-refractivity contribution in [3.05, 3.63) is 92.0 Å². The molecule has 0 unspecified atom stereocenters. The zero-order valence-electron chi connectivity index (χ0n) is 25.0. The number of rotatable bonds is 9. The van der Waals surface area contributed by atoms with Crippen LogP contribution in [0.3, 0.4) is 0 Å². The summed E-state index contributed by atoms with van der Waals surface area (Å²) in [5.41, 5.74) is 1.82. The molecule has 3 aromatic rings. The number of aryl methyl sites for hydroxylation is 1. The number of piperazine rings is 1. The van der Waals surface area contributed by atoms with Crippen molar-refractivity contribution >= 4 is 64.8 Å². The van der Waals surface area contributed by atoms with Gasteiger partial charge in [0.1, 0.15) is 17.7 Å². The number of amides is 2. The maximum absolute atomic E-state index is 15.1. The molecule has 3 aliphatic heterocycles.